The van der Waals surface area contributed by atoms with Crippen LogP contribution in [0.4, 0.5) is 0 Å². The molecular formula is C5H11O3. The predicted molar refractivity (Wildman–Crippen MR) is 28.1 cm³/mol. The van der Waals surface area contributed by atoms with Gasteiger partial charge in [0.1, 0.15) is 0 Å². The van der Waals surface area contributed by atoms with Crippen LogP contribution in [0.5, 0.6) is 0 Å². The van der Waals surface area contributed by atoms with Gasteiger partial charge in [-0.25, -0.2) is 5.11 Å². The summed E-state index contributed by atoms with van der Waals surface area (Å²) in [6.45, 7) is 0.772. The molecule has 0 fully saturated rings. The van der Waals surface area contributed by atoms with Crippen LogP contribution < -0.4 is 0 Å². The molecule has 0 heterocycles. The van der Waals surface area contributed by atoms with E-state index in [0.717, 1.165) is 0 Å². The molecule has 0 atom stereocenters. The quantitative estimate of drug-likeness (QED) is 0.510. The molecule has 1 radical (unpaired) electrons. The Kier molecular flexibility index (Phi) is 6.78. The minimum absolute atomic E-state index is 0.0405. The summed E-state index contributed by atoms with van der Waals surface area (Å²) in [4.78, 5) is 0. The number of ether oxygens (including phenoxy) is 1. The maximum Gasteiger partial charge on any atom is 0.0844 e. The second-order valence-electron chi connectivity index (χ2n) is 1.39. The van der Waals surface area contributed by atoms with E-state index in [-0.39, 0.29) is 13.2 Å². The second kappa shape index (κ2) is 6.88. The van der Waals surface area contributed by atoms with Gasteiger partial charge in [-0.05, 0) is 6.42 Å². The maximum atomic E-state index is 9.75. The van der Waals surface area contributed by atoms with Gasteiger partial charge in [0.25, 0.3) is 0 Å². The minimum atomic E-state index is -0.0918. The summed E-state index contributed by atoms with van der Waals surface area (Å²) < 4.78 is 4.77. The molecule has 0 spiro atoms. The van der Waals surface area contributed by atoms with Crippen molar-refractivity contribution >= 4 is 0 Å². The normalized spacial score (nSPS) is 9.75. The highest BCUT2D eigenvalue weighted by Gasteiger charge is 1.84. The van der Waals surface area contributed by atoms with Gasteiger partial charge >= 0.3 is 0 Å². The molecule has 0 aromatic carbocycles. The van der Waals surface area contributed by atoms with E-state index in [9.17, 15) is 5.11 Å². The van der Waals surface area contributed by atoms with E-state index in [2.05, 4.69) is 0 Å². The van der Waals surface area contributed by atoms with Crippen molar-refractivity contribution in [2.75, 3.05) is 26.4 Å². The van der Waals surface area contributed by atoms with Crippen LogP contribution in [0.1, 0.15) is 6.42 Å². The number of aliphatic hydroxyl groups is 1. The van der Waals surface area contributed by atoms with Crippen molar-refractivity contribution < 1.29 is 14.9 Å². The first kappa shape index (κ1) is 7.88. The first-order valence-corrected chi connectivity index (χ1v) is 2.68. The van der Waals surface area contributed by atoms with Gasteiger partial charge in [-0.2, -0.15) is 0 Å². The summed E-state index contributed by atoms with van der Waals surface area (Å²) in [7, 11) is 0. The Morgan fingerprint density at radius 2 is 2.12 bits per heavy atom. The standard InChI is InChI=1S/C5H11O3/c6-2-1-4-8-5-3-7/h7H,1-5H2. The zero-order valence-corrected chi connectivity index (χ0v) is 4.80. The lowest BCUT2D eigenvalue weighted by molar-refractivity contribution is 0.0723. The highest BCUT2D eigenvalue weighted by atomic mass is 16.5. The third-order valence-electron chi connectivity index (χ3n) is 0.669. The number of rotatable bonds is 5. The Labute approximate surface area is 48.9 Å². The molecule has 0 aliphatic carbocycles. The molecule has 0 unspecified atom stereocenters. The zero-order chi connectivity index (χ0) is 6.24. The summed E-state index contributed by atoms with van der Waals surface area (Å²) in [6.07, 6.45) is 0.542. The van der Waals surface area contributed by atoms with Crippen molar-refractivity contribution in [3.8, 4) is 0 Å². The van der Waals surface area contributed by atoms with Gasteiger partial charge in [0, 0.05) is 6.61 Å². The summed E-state index contributed by atoms with van der Waals surface area (Å²) in [5.74, 6) is 0. The predicted octanol–water partition coefficient (Wildman–Crippen LogP) is -0.184. The van der Waals surface area contributed by atoms with Crippen molar-refractivity contribution in [2.24, 2.45) is 0 Å². The van der Waals surface area contributed by atoms with E-state index < -0.39 is 0 Å². The van der Waals surface area contributed by atoms with Crippen LogP contribution in [0.25, 0.3) is 0 Å². The summed E-state index contributed by atoms with van der Waals surface area (Å²) in [5, 5.41) is 17.9. The summed E-state index contributed by atoms with van der Waals surface area (Å²) in [6, 6.07) is 0. The first-order valence-electron chi connectivity index (χ1n) is 2.68. The van der Waals surface area contributed by atoms with Crippen LogP contribution in [0, 0.1) is 0 Å². The Morgan fingerprint density at radius 1 is 1.38 bits per heavy atom. The summed E-state index contributed by atoms with van der Waals surface area (Å²) >= 11 is 0. The molecule has 3 nitrogen and oxygen atoms in total. The molecule has 8 heavy (non-hydrogen) atoms. The highest BCUT2D eigenvalue weighted by Crippen LogP contribution is 1.78. The number of aliphatic hydroxyl groups excluding tert-OH is 1. The fraction of sp³-hybridized carbons (Fsp3) is 1.00. The van der Waals surface area contributed by atoms with Crippen LogP contribution in [0.3, 0.4) is 0 Å². The monoisotopic (exact) mass is 119 g/mol. The first-order chi connectivity index (χ1) is 3.91. The van der Waals surface area contributed by atoms with E-state index >= 15 is 0 Å². The van der Waals surface area contributed by atoms with Crippen molar-refractivity contribution in [3.63, 3.8) is 0 Å². The molecule has 3 heteroatoms. The molecule has 0 saturated carbocycles. The van der Waals surface area contributed by atoms with E-state index in [0.29, 0.717) is 19.6 Å². The van der Waals surface area contributed by atoms with E-state index in [1.54, 1.807) is 0 Å². The second-order valence-corrected chi connectivity index (χ2v) is 1.39. The van der Waals surface area contributed by atoms with Crippen molar-refractivity contribution in [3.05, 3.63) is 0 Å². The van der Waals surface area contributed by atoms with E-state index in [1.807, 2.05) is 0 Å². The van der Waals surface area contributed by atoms with Gasteiger partial charge in [0.15, 0.2) is 0 Å². The van der Waals surface area contributed by atoms with Crippen LogP contribution in [-0.4, -0.2) is 31.5 Å². The molecule has 0 saturated heterocycles. The maximum absolute atomic E-state index is 9.75. The minimum Gasteiger partial charge on any atom is -0.394 e. The topological polar surface area (TPSA) is 49.4 Å². The summed E-state index contributed by atoms with van der Waals surface area (Å²) in [5.41, 5.74) is 0. The largest absolute Gasteiger partial charge is 0.394 e. The Morgan fingerprint density at radius 3 is 2.62 bits per heavy atom. The van der Waals surface area contributed by atoms with Crippen LogP contribution >= 0.6 is 0 Å². The lowest BCUT2D eigenvalue weighted by Gasteiger charge is -1.96. The average molecular weight is 119 g/mol. The van der Waals surface area contributed by atoms with Crippen molar-refractivity contribution in [1.82, 2.24) is 0 Å². The van der Waals surface area contributed by atoms with Gasteiger partial charge in [-0.1, -0.05) is 0 Å². The van der Waals surface area contributed by atoms with Crippen LogP contribution in [-0.2, 0) is 9.84 Å². The van der Waals surface area contributed by atoms with Crippen molar-refractivity contribution in [2.45, 2.75) is 6.42 Å². The Bertz CT molecular complexity index is 32.7. The lowest BCUT2D eigenvalue weighted by atomic mass is 10.5. The molecule has 49 valence electrons. The van der Waals surface area contributed by atoms with E-state index in [1.165, 1.54) is 0 Å². The molecule has 0 aromatic heterocycles. The van der Waals surface area contributed by atoms with Crippen LogP contribution in [0.2, 0.25) is 0 Å². The fourth-order valence-corrected chi connectivity index (χ4v) is 0.328. The van der Waals surface area contributed by atoms with Crippen molar-refractivity contribution in [1.29, 1.82) is 0 Å². The molecule has 0 aromatic rings. The van der Waals surface area contributed by atoms with Crippen LogP contribution in [0.15, 0.2) is 0 Å². The van der Waals surface area contributed by atoms with Gasteiger partial charge in [-0.3, -0.25) is 0 Å². The van der Waals surface area contributed by atoms with Gasteiger partial charge in [0.2, 0.25) is 0 Å². The highest BCUT2D eigenvalue weighted by molar-refractivity contribution is 4.30. The molecule has 0 rings (SSSR count). The van der Waals surface area contributed by atoms with Gasteiger partial charge in [0.05, 0.1) is 19.8 Å². The number of hydrogen-bond donors (Lipinski definition) is 1. The molecule has 1 N–H and O–H groups in total. The van der Waals surface area contributed by atoms with Gasteiger partial charge in [-0.15, -0.1) is 0 Å². The van der Waals surface area contributed by atoms with E-state index in [4.69, 9.17) is 9.84 Å². The molecule has 0 aliphatic heterocycles. The molecule has 0 bridgehead atoms. The van der Waals surface area contributed by atoms with Gasteiger partial charge < -0.3 is 9.84 Å². The SMILES string of the molecule is [O]CCCOCCO. The molecule has 0 amide bonds. The lowest BCUT2D eigenvalue weighted by Crippen LogP contribution is -2.01. The number of hydrogen-bond acceptors (Lipinski definition) is 2. The smallest absolute Gasteiger partial charge is 0.0844 e. The average Bonchev–Trinajstić information content (AvgIpc) is 1.81. The third-order valence-corrected chi connectivity index (χ3v) is 0.669. The molecule has 0 aliphatic rings. The Hall–Kier alpha value is -0.120. The Balaban J connectivity index is 2.53. The zero-order valence-electron chi connectivity index (χ0n) is 4.80. The molecular weight excluding hydrogens is 108 g/mol. The fourth-order valence-electron chi connectivity index (χ4n) is 0.328. The third kappa shape index (κ3) is 5.88.